The van der Waals surface area contributed by atoms with E-state index in [1.165, 1.54) is 0 Å². The van der Waals surface area contributed by atoms with Gasteiger partial charge >= 0.3 is 5.97 Å². The van der Waals surface area contributed by atoms with Crippen LogP contribution in [0.2, 0.25) is 0 Å². The van der Waals surface area contributed by atoms with Gasteiger partial charge in [0.1, 0.15) is 5.41 Å². The number of carboxylic acid groups (broad SMARTS) is 1. The molecular formula is C17H14O3. The third-order valence-corrected chi connectivity index (χ3v) is 4.05. The monoisotopic (exact) mass is 266 g/mol. The topological polar surface area (TPSA) is 54.4 Å². The number of carbonyl (C=O) groups is 2. The van der Waals surface area contributed by atoms with Crippen molar-refractivity contribution in [3.8, 4) is 0 Å². The molecule has 2 aromatic rings. The molecule has 0 fully saturated rings. The van der Waals surface area contributed by atoms with Gasteiger partial charge in [-0.15, -0.1) is 0 Å². The first-order valence-electron chi connectivity index (χ1n) is 6.58. The van der Waals surface area contributed by atoms with E-state index >= 15 is 0 Å². The predicted molar refractivity (Wildman–Crippen MR) is 74.9 cm³/mol. The zero-order chi connectivity index (χ0) is 14.2. The molecule has 3 rings (SSSR count). The molecule has 0 saturated heterocycles. The van der Waals surface area contributed by atoms with Gasteiger partial charge in [-0.25, -0.2) is 0 Å². The van der Waals surface area contributed by atoms with Gasteiger partial charge in [-0.2, -0.15) is 0 Å². The molecule has 0 aromatic heterocycles. The molecule has 20 heavy (non-hydrogen) atoms. The summed E-state index contributed by atoms with van der Waals surface area (Å²) >= 11 is 0. The van der Waals surface area contributed by atoms with Crippen LogP contribution in [0.15, 0.2) is 54.6 Å². The van der Waals surface area contributed by atoms with Crippen molar-refractivity contribution in [2.24, 2.45) is 0 Å². The van der Waals surface area contributed by atoms with Gasteiger partial charge < -0.3 is 5.11 Å². The number of ketones is 1. The van der Waals surface area contributed by atoms with Crippen LogP contribution in [0.3, 0.4) is 0 Å². The number of hydrogen-bond acceptors (Lipinski definition) is 2. The van der Waals surface area contributed by atoms with Gasteiger partial charge in [0.05, 0.1) is 0 Å². The maximum Gasteiger partial charge on any atom is 0.318 e. The van der Waals surface area contributed by atoms with Crippen LogP contribution in [0.1, 0.15) is 34.3 Å². The summed E-state index contributed by atoms with van der Waals surface area (Å²) in [4.78, 5) is 24.1. The van der Waals surface area contributed by atoms with E-state index in [1.54, 1.807) is 24.3 Å². The third kappa shape index (κ3) is 1.67. The molecule has 3 nitrogen and oxygen atoms in total. The second-order valence-corrected chi connectivity index (χ2v) is 5.05. The van der Waals surface area contributed by atoms with E-state index in [4.69, 9.17) is 0 Å². The first-order chi connectivity index (χ1) is 9.66. The number of carboxylic acids is 1. The summed E-state index contributed by atoms with van der Waals surface area (Å²) in [6.45, 7) is 0. The molecule has 0 amide bonds. The summed E-state index contributed by atoms with van der Waals surface area (Å²) in [5.41, 5.74) is 0.749. The van der Waals surface area contributed by atoms with Crippen molar-refractivity contribution in [2.45, 2.75) is 18.3 Å². The Morgan fingerprint density at radius 3 is 2.35 bits per heavy atom. The Bertz CT molecular complexity index is 676. The first kappa shape index (κ1) is 12.6. The summed E-state index contributed by atoms with van der Waals surface area (Å²) in [6.07, 6.45) is 0.570. The van der Waals surface area contributed by atoms with Crippen LogP contribution in [-0.2, 0) is 10.2 Å². The van der Waals surface area contributed by atoms with Crippen LogP contribution >= 0.6 is 0 Å². The van der Waals surface area contributed by atoms with Crippen molar-refractivity contribution < 1.29 is 14.7 Å². The maximum atomic E-state index is 12.0. The number of rotatable bonds is 2. The highest BCUT2D eigenvalue weighted by atomic mass is 16.4. The van der Waals surface area contributed by atoms with Crippen molar-refractivity contribution in [3.05, 3.63) is 71.3 Å². The molecule has 1 aliphatic rings. The van der Waals surface area contributed by atoms with Gasteiger partial charge in [0, 0.05) is 12.0 Å². The van der Waals surface area contributed by atoms with Crippen molar-refractivity contribution in [1.29, 1.82) is 0 Å². The lowest BCUT2D eigenvalue weighted by Gasteiger charge is -2.35. The molecule has 2 aromatic carbocycles. The second-order valence-electron chi connectivity index (χ2n) is 5.05. The van der Waals surface area contributed by atoms with E-state index in [9.17, 15) is 14.7 Å². The molecule has 0 bridgehead atoms. The predicted octanol–water partition coefficient (Wildman–Crippen LogP) is 3.03. The van der Waals surface area contributed by atoms with Gasteiger partial charge in [0.2, 0.25) is 0 Å². The molecular weight excluding hydrogens is 252 g/mol. The van der Waals surface area contributed by atoms with Gasteiger partial charge in [-0.3, -0.25) is 9.59 Å². The molecule has 0 saturated carbocycles. The summed E-state index contributed by atoms with van der Waals surface area (Å²) < 4.78 is 0. The average molecular weight is 266 g/mol. The highest BCUT2D eigenvalue weighted by molar-refractivity contribution is 6.03. The first-order valence-corrected chi connectivity index (χ1v) is 6.58. The van der Waals surface area contributed by atoms with E-state index in [0.29, 0.717) is 17.5 Å². The van der Waals surface area contributed by atoms with E-state index in [1.807, 2.05) is 30.3 Å². The molecule has 0 spiro atoms. The van der Waals surface area contributed by atoms with Crippen molar-refractivity contribution in [3.63, 3.8) is 0 Å². The normalized spacial score (nSPS) is 21.3. The molecule has 1 N–H and O–H groups in total. The van der Waals surface area contributed by atoms with Crippen LogP contribution in [-0.4, -0.2) is 16.9 Å². The highest BCUT2D eigenvalue weighted by Gasteiger charge is 2.46. The Hall–Kier alpha value is -2.42. The second kappa shape index (κ2) is 4.60. The molecule has 0 unspecified atom stereocenters. The fourth-order valence-electron chi connectivity index (χ4n) is 3.04. The van der Waals surface area contributed by atoms with E-state index < -0.39 is 11.4 Å². The molecule has 0 heterocycles. The van der Waals surface area contributed by atoms with E-state index in [-0.39, 0.29) is 12.2 Å². The minimum Gasteiger partial charge on any atom is -0.480 e. The SMILES string of the molecule is O=C1CC[C@@](C(=O)O)(c2ccccc2)c2ccccc21. The molecule has 3 heteroatoms. The molecule has 100 valence electrons. The summed E-state index contributed by atoms with van der Waals surface area (Å²) in [5, 5.41) is 9.86. The Balaban J connectivity index is 2.31. The van der Waals surface area contributed by atoms with Crippen molar-refractivity contribution in [2.75, 3.05) is 0 Å². The molecule has 0 aliphatic heterocycles. The Kier molecular flexibility index (Phi) is 2.90. The van der Waals surface area contributed by atoms with E-state index in [2.05, 4.69) is 0 Å². The summed E-state index contributed by atoms with van der Waals surface area (Å²) in [7, 11) is 0. The van der Waals surface area contributed by atoms with Crippen LogP contribution in [0, 0.1) is 0 Å². The minimum absolute atomic E-state index is 0.0217. The number of aliphatic carboxylic acids is 1. The average Bonchev–Trinajstić information content (AvgIpc) is 2.49. The standard InChI is InChI=1S/C17H14O3/c18-15-10-11-17(16(19)20,12-6-2-1-3-7-12)14-9-5-4-8-13(14)15/h1-9H,10-11H2,(H,19,20)/t17-/m1/s1. The summed E-state index contributed by atoms with van der Waals surface area (Å²) in [5.74, 6) is -0.878. The van der Waals surface area contributed by atoms with E-state index in [0.717, 1.165) is 5.56 Å². The molecule has 0 radical (unpaired) electrons. The Morgan fingerprint density at radius 2 is 1.65 bits per heavy atom. The van der Waals surface area contributed by atoms with Crippen molar-refractivity contribution in [1.82, 2.24) is 0 Å². The summed E-state index contributed by atoms with van der Waals surface area (Å²) in [6, 6.07) is 16.2. The number of benzene rings is 2. The van der Waals surface area contributed by atoms with Gasteiger partial charge in [-0.1, -0.05) is 54.6 Å². The van der Waals surface area contributed by atoms with Gasteiger partial charge in [-0.05, 0) is 17.5 Å². The molecule has 1 atom stereocenters. The zero-order valence-electron chi connectivity index (χ0n) is 10.9. The third-order valence-electron chi connectivity index (χ3n) is 4.05. The fraction of sp³-hybridized carbons (Fsp3) is 0.176. The van der Waals surface area contributed by atoms with Crippen LogP contribution in [0.5, 0.6) is 0 Å². The number of carbonyl (C=O) groups excluding carboxylic acids is 1. The van der Waals surface area contributed by atoms with Crippen LogP contribution < -0.4 is 0 Å². The van der Waals surface area contributed by atoms with Crippen LogP contribution in [0.4, 0.5) is 0 Å². The Morgan fingerprint density at radius 1 is 1.00 bits per heavy atom. The van der Waals surface area contributed by atoms with Gasteiger partial charge in [0.25, 0.3) is 0 Å². The van der Waals surface area contributed by atoms with Crippen LogP contribution in [0.25, 0.3) is 0 Å². The minimum atomic E-state index is -1.12. The Labute approximate surface area is 116 Å². The van der Waals surface area contributed by atoms with Gasteiger partial charge in [0.15, 0.2) is 5.78 Å². The lowest BCUT2D eigenvalue weighted by atomic mass is 9.65. The van der Waals surface area contributed by atoms with Crippen molar-refractivity contribution >= 4 is 11.8 Å². The number of hydrogen-bond donors (Lipinski definition) is 1. The smallest absolute Gasteiger partial charge is 0.318 e. The highest BCUT2D eigenvalue weighted by Crippen LogP contribution is 2.42. The quantitative estimate of drug-likeness (QED) is 0.909. The lowest BCUT2D eigenvalue weighted by molar-refractivity contribution is -0.142. The maximum absolute atomic E-state index is 12.0. The number of Topliss-reactive ketones (excluding diaryl/α,β-unsaturated/α-hetero) is 1. The lowest BCUT2D eigenvalue weighted by Crippen LogP contribution is -2.41. The number of fused-ring (bicyclic) bond motifs is 1. The molecule has 1 aliphatic carbocycles. The fourth-order valence-corrected chi connectivity index (χ4v) is 3.04. The zero-order valence-corrected chi connectivity index (χ0v) is 10.9. The largest absolute Gasteiger partial charge is 0.480 e.